The number of hydrogen-bond donors (Lipinski definition) is 0. The first-order chi connectivity index (χ1) is 9.10. The molecule has 2 nitrogen and oxygen atoms in total. The Morgan fingerprint density at radius 1 is 1.32 bits per heavy atom. The second kappa shape index (κ2) is 4.37. The van der Waals surface area contributed by atoms with Crippen LogP contribution >= 0.6 is 0 Å². The summed E-state index contributed by atoms with van der Waals surface area (Å²) >= 11 is 0. The van der Waals surface area contributed by atoms with Crippen LogP contribution in [0.25, 0.3) is 0 Å². The number of benzene rings is 1. The fraction of sp³-hybridized carbons (Fsp3) is 0.353. The van der Waals surface area contributed by atoms with Crippen LogP contribution in [0.3, 0.4) is 0 Å². The molecule has 19 heavy (non-hydrogen) atoms. The van der Waals surface area contributed by atoms with Crippen molar-refractivity contribution in [1.82, 2.24) is 0 Å². The van der Waals surface area contributed by atoms with Crippen molar-refractivity contribution < 1.29 is 9.53 Å². The molecular formula is C17H18O2. The van der Waals surface area contributed by atoms with Gasteiger partial charge in [0.15, 0.2) is 5.76 Å². The lowest BCUT2D eigenvalue weighted by molar-refractivity contribution is 0.101. The van der Waals surface area contributed by atoms with Crippen molar-refractivity contribution in [3.8, 4) is 5.75 Å². The van der Waals surface area contributed by atoms with E-state index in [1.807, 2.05) is 30.3 Å². The van der Waals surface area contributed by atoms with Gasteiger partial charge >= 0.3 is 0 Å². The summed E-state index contributed by atoms with van der Waals surface area (Å²) in [6, 6.07) is 7.43. The van der Waals surface area contributed by atoms with Gasteiger partial charge in [0.05, 0.1) is 5.56 Å². The highest BCUT2D eigenvalue weighted by Crippen LogP contribution is 2.41. The number of rotatable bonds is 1. The lowest BCUT2D eigenvalue weighted by atomic mass is 9.74. The fourth-order valence-corrected chi connectivity index (χ4v) is 2.83. The SMILES string of the molecule is CC1=CCCC[C@@]1(C)/C=C1\Oc2ccccc2C1=O. The first-order valence-corrected chi connectivity index (χ1v) is 6.82. The normalized spacial score (nSPS) is 28.0. The van der Waals surface area contributed by atoms with Crippen molar-refractivity contribution in [3.63, 3.8) is 0 Å². The van der Waals surface area contributed by atoms with Gasteiger partial charge in [0, 0.05) is 5.41 Å². The summed E-state index contributed by atoms with van der Waals surface area (Å²) in [5, 5.41) is 0. The quantitative estimate of drug-likeness (QED) is 0.552. The Kier molecular flexibility index (Phi) is 2.81. The van der Waals surface area contributed by atoms with Crippen LogP contribution < -0.4 is 4.74 Å². The molecule has 1 aromatic rings. The Labute approximate surface area is 113 Å². The van der Waals surface area contributed by atoms with Gasteiger partial charge in [0.1, 0.15) is 5.75 Å². The van der Waals surface area contributed by atoms with Gasteiger partial charge in [-0.2, -0.15) is 0 Å². The van der Waals surface area contributed by atoms with Gasteiger partial charge in [-0.15, -0.1) is 0 Å². The van der Waals surface area contributed by atoms with Crippen molar-refractivity contribution >= 4 is 5.78 Å². The lowest BCUT2D eigenvalue weighted by Gasteiger charge is -2.31. The number of allylic oxidation sites excluding steroid dienone is 4. The summed E-state index contributed by atoms with van der Waals surface area (Å²) in [5.74, 6) is 1.17. The molecule has 0 saturated carbocycles. The summed E-state index contributed by atoms with van der Waals surface area (Å²) < 4.78 is 5.72. The minimum atomic E-state index is -0.0503. The van der Waals surface area contributed by atoms with E-state index in [1.165, 1.54) is 12.0 Å². The van der Waals surface area contributed by atoms with E-state index < -0.39 is 0 Å². The van der Waals surface area contributed by atoms with Crippen molar-refractivity contribution in [2.75, 3.05) is 0 Å². The third-order valence-corrected chi connectivity index (χ3v) is 4.28. The van der Waals surface area contributed by atoms with E-state index in [2.05, 4.69) is 19.9 Å². The highest BCUT2D eigenvalue weighted by atomic mass is 16.5. The van der Waals surface area contributed by atoms with E-state index in [-0.39, 0.29) is 11.2 Å². The minimum Gasteiger partial charge on any atom is -0.453 e. The summed E-state index contributed by atoms with van der Waals surface area (Å²) in [4.78, 5) is 12.3. The van der Waals surface area contributed by atoms with Crippen LogP contribution in [0.4, 0.5) is 0 Å². The smallest absolute Gasteiger partial charge is 0.231 e. The topological polar surface area (TPSA) is 26.3 Å². The van der Waals surface area contributed by atoms with Gasteiger partial charge in [-0.05, 0) is 44.4 Å². The average molecular weight is 254 g/mol. The van der Waals surface area contributed by atoms with Crippen molar-refractivity contribution in [1.29, 1.82) is 0 Å². The molecule has 1 atom stereocenters. The maximum atomic E-state index is 12.3. The first kappa shape index (κ1) is 12.2. The lowest BCUT2D eigenvalue weighted by Crippen LogP contribution is -2.20. The van der Waals surface area contributed by atoms with Crippen LogP contribution in [0.5, 0.6) is 5.75 Å². The maximum Gasteiger partial charge on any atom is 0.231 e. The molecule has 0 saturated heterocycles. The summed E-state index contributed by atoms with van der Waals surface area (Å²) in [5.41, 5.74) is 1.96. The number of Topliss-reactive ketones (excluding diaryl/α,β-unsaturated/α-hetero) is 1. The molecule has 0 spiro atoms. The number of para-hydroxylation sites is 1. The van der Waals surface area contributed by atoms with Gasteiger partial charge in [-0.25, -0.2) is 0 Å². The molecule has 0 amide bonds. The van der Waals surface area contributed by atoms with Crippen LogP contribution in [0.15, 0.2) is 47.7 Å². The Balaban J connectivity index is 1.97. The Hall–Kier alpha value is -1.83. The van der Waals surface area contributed by atoms with Gasteiger partial charge in [-0.1, -0.05) is 30.7 Å². The van der Waals surface area contributed by atoms with E-state index in [1.54, 1.807) is 0 Å². The van der Waals surface area contributed by atoms with Crippen molar-refractivity contribution in [3.05, 3.63) is 53.3 Å². The third kappa shape index (κ3) is 2.01. The zero-order chi connectivity index (χ0) is 13.5. The molecule has 1 heterocycles. The molecule has 0 bridgehead atoms. The summed E-state index contributed by atoms with van der Waals surface area (Å²) in [7, 11) is 0. The second-order valence-corrected chi connectivity index (χ2v) is 5.63. The van der Waals surface area contributed by atoms with E-state index in [9.17, 15) is 4.79 Å². The molecule has 0 unspecified atom stereocenters. The number of hydrogen-bond acceptors (Lipinski definition) is 2. The molecule has 0 aromatic heterocycles. The molecule has 0 fully saturated rings. The minimum absolute atomic E-state index is 0.00944. The van der Waals surface area contributed by atoms with Gasteiger partial charge in [-0.3, -0.25) is 4.79 Å². The molecule has 3 rings (SSSR count). The predicted molar refractivity (Wildman–Crippen MR) is 75.2 cm³/mol. The van der Waals surface area contributed by atoms with Crippen molar-refractivity contribution in [2.45, 2.75) is 33.1 Å². The highest BCUT2D eigenvalue weighted by molar-refractivity contribution is 6.12. The van der Waals surface area contributed by atoms with Crippen molar-refractivity contribution in [2.24, 2.45) is 5.41 Å². The summed E-state index contributed by atoms with van der Waals surface area (Å²) in [6.07, 6.45) is 7.66. The average Bonchev–Trinajstić information content (AvgIpc) is 2.71. The van der Waals surface area contributed by atoms with E-state index >= 15 is 0 Å². The number of carbonyl (C=O) groups excluding carboxylic acids is 1. The Morgan fingerprint density at radius 2 is 2.11 bits per heavy atom. The highest BCUT2D eigenvalue weighted by Gasteiger charge is 2.32. The largest absolute Gasteiger partial charge is 0.453 e. The predicted octanol–water partition coefficient (Wildman–Crippen LogP) is 4.28. The van der Waals surface area contributed by atoms with Gasteiger partial charge < -0.3 is 4.74 Å². The van der Waals surface area contributed by atoms with E-state index in [4.69, 9.17) is 4.74 Å². The zero-order valence-electron chi connectivity index (χ0n) is 11.4. The summed E-state index contributed by atoms with van der Waals surface area (Å²) in [6.45, 7) is 4.33. The molecule has 1 aliphatic heterocycles. The van der Waals surface area contributed by atoms with E-state index in [0.717, 1.165) is 12.8 Å². The molecular weight excluding hydrogens is 236 g/mol. The number of fused-ring (bicyclic) bond motifs is 1. The maximum absolute atomic E-state index is 12.3. The molecule has 98 valence electrons. The van der Waals surface area contributed by atoms with Gasteiger partial charge in [0.25, 0.3) is 0 Å². The van der Waals surface area contributed by atoms with Crippen LogP contribution in [-0.2, 0) is 0 Å². The third-order valence-electron chi connectivity index (χ3n) is 4.28. The molecule has 0 radical (unpaired) electrons. The Bertz CT molecular complexity index is 595. The number of ether oxygens (including phenoxy) is 1. The monoisotopic (exact) mass is 254 g/mol. The molecule has 1 aliphatic carbocycles. The standard InChI is InChI=1S/C17H18O2/c1-12-7-5-6-10-17(12,2)11-15-16(18)13-8-3-4-9-14(13)19-15/h3-4,7-9,11H,5-6,10H2,1-2H3/b15-11-/t17-/m0/s1. The van der Waals surface area contributed by atoms with Crippen LogP contribution in [0, 0.1) is 5.41 Å². The van der Waals surface area contributed by atoms with Gasteiger partial charge in [0.2, 0.25) is 5.78 Å². The Morgan fingerprint density at radius 3 is 2.84 bits per heavy atom. The number of carbonyl (C=O) groups is 1. The van der Waals surface area contributed by atoms with E-state index in [0.29, 0.717) is 17.1 Å². The van der Waals surface area contributed by atoms with Crippen LogP contribution in [0.1, 0.15) is 43.5 Å². The zero-order valence-corrected chi connectivity index (χ0v) is 11.4. The molecule has 2 aliphatic rings. The first-order valence-electron chi connectivity index (χ1n) is 6.82. The second-order valence-electron chi connectivity index (χ2n) is 5.63. The molecule has 2 heteroatoms. The number of ketones is 1. The van der Waals surface area contributed by atoms with Crippen LogP contribution in [0.2, 0.25) is 0 Å². The fourth-order valence-electron chi connectivity index (χ4n) is 2.83. The molecule has 1 aromatic carbocycles. The van der Waals surface area contributed by atoms with Crippen LogP contribution in [-0.4, -0.2) is 5.78 Å². The molecule has 0 N–H and O–H groups in total.